The van der Waals surface area contributed by atoms with Crippen LogP contribution < -0.4 is 5.73 Å². The minimum atomic E-state index is -0.748. The molecule has 3 N–H and O–H groups in total. The number of H-pyrrole nitrogens is 1. The lowest BCUT2D eigenvalue weighted by Gasteiger charge is -2.21. The van der Waals surface area contributed by atoms with Crippen LogP contribution in [-0.4, -0.2) is 36.2 Å². The number of methoxy groups -OCH3 is 1. The van der Waals surface area contributed by atoms with E-state index in [1.165, 1.54) is 7.11 Å². The van der Waals surface area contributed by atoms with Crippen LogP contribution in [0.15, 0.2) is 30.5 Å². The van der Waals surface area contributed by atoms with Gasteiger partial charge < -0.3 is 20.2 Å². The zero-order valence-electron chi connectivity index (χ0n) is 15.7. The second-order valence-electron chi connectivity index (χ2n) is 6.97. The molecule has 0 fully saturated rings. The molecule has 0 spiro atoms. The molecule has 0 radical (unpaired) electrons. The van der Waals surface area contributed by atoms with E-state index >= 15 is 0 Å². The topological polar surface area (TPSA) is 94.4 Å². The molecule has 1 aromatic heterocycles. The zero-order valence-corrected chi connectivity index (χ0v) is 15.7. The number of carbonyl (C=O) groups excluding carboxylic acids is 2. The van der Waals surface area contributed by atoms with Crippen LogP contribution in [0.4, 0.5) is 0 Å². The third-order valence-corrected chi connectivity index (χ3v) is 4.33. The zero-order chi connectivity index (χ0) is 19.1. The highest BCUT2D eigenvalue weighted by Crippen LogP contribution is 2.20. The van der Waals surface area contributed by atoms with Crippen LogP contribution in [0, 0.1) is 5.92 Å². The van der Waals surface area contributed by atoms with Gasteiger partial charge in [0.25, 0.3) is 0 Å². The van der Waals surface area contributed by atoms with Gasteiger partial charge in [0, 0.05) is 29.9 Å². The molecule has 0 saturated heterocycles. The van der Waals surface area contributed by atoms with Crippen LogP contribution in [0.3, 0.4) is 0 Å². The number of para-hydroxylation sites is 1. The Kier molecular flexibility index (Phi) is 7.21. The number of aromatic nitrogens is 1. The smallest absolute Gasteiger partial charge is 0.323 e. The second-order valence-corrected chi connectivity index (χ2v) is 6.97. The number of nitrogens with one attached hydrogen (secondary N) is 1. The molecule has 6 heteroatoms. The third kappa shape index (κ3) is 5.59. The first-order valence-corrected chi connectivity index (χ1v) is 8.98. The Morgan fingerprint density at radius 3 is 2.65 bits per heavy atom. The molecule has 1 unspecified atom stereocenters. The van der Waals surface area contributed by atoms with Gasteiger partial charge in [0.15, 0.2) is 0 Å². The van der Waals surface area contributed by atoms with Crippen molar-refractivity contribution in [3.05, 3.63) is 36.0 Å². The summed E-state index contributed by atoms with van der Waals surface area (Å²) in [6.45, 7) is 4.09. The van der Waals surface area contributed by atoms with Gasteiger partial charge >= 0.3 is 11.9 Å². The van der Waals surface area contributed by atoms with Gasteiger partial charge in [0.1, 0.15) is 12.1 Å². The maximum absolute atomic E-state index is 12.4. The molecule has 6 nitrogen and oxygen atoms in total. The minimum Gasteiger partial charge on any atom is -0.469 e. The highest BCUT2D eigenvalue weighted by Gasteiger charge is 2.23. The summed E-state index contributed by atoms with van der Waals surface area (Å²) in [7, 11) is 1.35. The number of rotatable bonds is 9. The normalized spacial score (nSPS) is 13.6. The largest absolute Gasteiger partial charge is 0.469 e. The Bertz CT molecular complexity index is 738. The Labute approximate surface area is 154 Å². The van der Waals surface area contributed by atoms with Crippen molar-refractivity contribution in [2.24, 2.45) is 11.7 Å². The maximum Gasteiger partial charge on any atom is 0.323 e. The second kappa shape index (κ2) is 9.38. The lowest BCUT2D eigenvalue weighted by molar-refractivity contribution is -0.153. The number of benzene rings is 1. The quantitative estimate of drug-likeness (QED) is 0.671. The van der Waals surface area contributed by atoms with Crippen molar-refractivity contribution >= 4 is 22.8 Å². The minimum absolute atomic E-state index is 0.221. The van der Waals surface area contributed by atoms with Crippen molar-refractivity contribution in [2.75, 3.05) is 7.11 Å². The van der Waals surface area contributed by atoms with E-state index in [0.717, 1.165) is 16.5 Å². The summed E-state index contributed by atoms with van der Waals surface area (Å²) < 4.78 is 10.3. The molecule has 0 bridgehead atoms. The number of hydrogen-bond donors (Lipinski definition) is 2. The first kappa shape index (κ1) is 20.0. The Morgan fingerprint density at radius 2 is 1.96 bits per heavy atom. The number of esters is 2. The highest BCUT2D eigenvalue weighted by molar-refractivity contribution is 5.84. The van der Waals surface area contributed by atoms with Crippen LogP contribution in [0.1, 0.15) is 38.7 Å². The molecular weight excluding hydrogens is 332 g/mol. The van der Waals surface area contributed by atoms with Gasteiger partial charge in [-0.05, 0) is 30.4 Å². The molecule has 142 valence electrons. The molecule has 0 amide bonds. The van der Waals surface area contributed by atoms with Crippen LogP contribution in [0.2, 0.25) is 0 Å². The van der Waals surface area contributed by atoms with Gasteiger partial charge in [0.05, 0.1) is 7.11 Å². The maximum atomic E-state index is 12.4. The van der Waals surface area contributed by atoms with Crippen molar-refractivity contribution in [2.45, 2.75) is 51.7 Å². The number of carbonyl (C=O) groups is 2. The molecule has 2 atom stereocenters. The van der Waals surface area contributed by atoms with Crippen molar-refractivity contribution in [1.29, 1.82) is 0 Å². The Morgan fingerprint density at radius 1 is 1.23 bits per heavy atom. The van der Waals surface area contributed by atoms with Crippen LogP contribution in [0.25, 0.3) is 10.9 Å². The van der Waals surface area contributed by atoms with Crippen LogP contribution in [-0.2, 0) is 25.5 Å². The molecule has 2 aromatic rings. The Hall–Kier alpha value is -2.34. The molecule has 1 aromatic carbocycles. The van der Waals surface area contributed by atoms with E-state index in [2.05, 4.69) is 9.72 Å². The third-order valence-electron chi connectivity index (χ3n) is 4.33. The predicted molar refractivity (Wildman–Crippen MR) is 101 cm³/mol. The summed E-state index contributed by atoms with van der Waals surface area (Å²) in [5, 5.41) is 1.06. The van der Waals surface area contributed by atoms with E-state index in [-0.39, 0.29) is 18.5 Å². The van der Waals surface area contributed by atoms with E-state index in [9.17, 15) is 9.59 Å². The summed E-state index contributed by atoms with van der Waals surface area (Å²) in [6, 6.07) is 7.14. The molecule has 0 aliphatic rings. The number of ether oxygens (including phenoxy) is 2. The molecule has 1 heterocycles. The monoisotopic (exact) mass is 360 g/mol. The van der Waals surface area contributed by atoms with E-state index in [1.54, 1.807) is 0 Å². The average Bonchev–Trinajstić information content (AvgIpc) is 3.01. The summed E-state index contributed by atoms with van der Waals surface area (Å²) >= 11 is 0. The van der Waals surface area contributed by atoms with Gasteiger partial charge in [-0.1, -0.05) is 32.0 Å². The number of aromatic amines is 1. The van der Waals surface area contributed by atoms with Gasteiger partial charge in [-0.3, -0.25) is 9.59 Å². The van der Waals surface area contributed by atoms with Crippen molar-refractivity contribution < 1.29 is 19.1 Å². The van der Waals surface area contributed by atoms with E-state index < -0.39 is 12.0 Å². The molecular formula is C20H28N2O4. The number of nitrogens with two attached hydrogens (primary N) is 1. The Balaban J connectivity index is 1.97. The average molecular weight is 360 g/mol. The standard InChI is InChI=1S/C20H28N2O4/c1-13(2)10-15(8-9-19(23)25-3)26-20(24)17(21)11-14-12-22-18-7-5-4-6-16(14)18/h4-7,12-13,15,17,22H,8-11,21H2,1-3H3/t15?,17-/m0/s1. The van der Waals surface area contributed by atoms with E-state index in [4.69, 9.17) is 10.5 Å². The summed E-state index contributed by atoms with van der Waals surface area (Å²) in [5.74, 6) is -0.404. The number of fused-ring (bicyclic) bond motifs is 1. The van der Waals surface area contributed by atoms with Gasteiger partial charge in [-0.2, -0.15) is 0 Å². The summed E-state index contributed by atoms with van der Waals surface area (Å²) in [6.07, 6.45) is 3.28. The fourth-order valence-corrected chi connectivity index (χ4v) is 3.00. The van der Waals surface area contributed by atoms with E-state index in [0.29, 0.717) is 25.2 Å². The van der Waals surface area contributed by atoms with E-state index in [1.807, 2.05) is 44.3 Å². The summed E-state index contributed by atoms with van der Waals surface area (Å²) in [4.78, 5) is 27.0. The fraction of sp³-hybridized carbons (Fsp3) is 0.500. The van der Waals surface area contributed by atoms with Gasteiger partial charge in [-0.15, -0.1) is 0 Å². The van der Waals surface area contributed by atoms with Gasteiger partial charge in [-0.25, -0.2) is 0 Å². The molecule has 0 aliphatic carbocycles. The summed E-state index contributed by atoms with van der Waals surface area (Å²) in [5.41, 5.74) is 8.08. The predicted octanol–water partition coefficient (Wildman–Crippen LogP) is 2.95. The molecule has 26 heavy (non-hydrogen) atoms. The first-order chi connectivity index (χ1) is 12.4. The molecule has 2 rings (SSSR count). The van der Waals surface area contributed by atoms with Crippen molar-refractivity contribution in [1.82, 2.24) is 4.98 Å². The van der Waals surface area contributed by atoms with Crippen LogP contribution >= 0.6 is 0 Å². The number of hydrogen-bond acceptors (Lipinski definition) is 5. The van der Waals surface area contributed by atoms with Gasteiger partial charge in [0.2, 0.25) is 0 Å². The fourth-order valence-electron chi connectivity index (χ4n) is 3.00. The molecule has 0 saturated carbocycles. The van der Waals surface area contributed by atoms with Crippen LogP contribution in [0.5, 0.6) is 0 Å². The highest BCUT2D eigenvalue weighted by atomic mass is 16.5. The SMILES string of the molecule is COC(=O)CCC(CC(C)C)OC(=O)[C@@H](N)Cc1c[nH]c2ccccc12. The lowest BCUT2D eigenvalue weighted by Crippen LogP contribution is -2.37. The van der Waals surface area contributed by atoms with Crippen molar-refractivity contribution in [3.63, 3.8) is 0 Å². The van der Waals surface area contributed by atoms with Crippen molar-refractivity contribution in [3.8, 4) is 0 Å². The lowest BCUT2D eigenvalue weighted by atomic mass is 10.0. The first-order valence-electron chi connectivity index (χ1n) is 8.98. The molecule has 0 aliphatic heterocycles.